The van der Waals surface area contributed by atoms with Gasteiger partial charge in [-0.2, -0.15) is 0 Å². The Hall–Kier alpha value is -3.89. The lowest BCUT2D eigenvalue weighted by Crippen LogP contribution is -2.39. The van der Waals surface area contributed by atoms with Crippen molar-refractivity contribution in [3.63, 3.8) is 0 Å². The molecule has 1 saturated heterocycles. The summed E-state index contributed by atoms with van der Waals surface area (Å²) in [4.78, 5) is 27.7. The number of nitrogens with one attached hydrogen (secondary N) is 1. The van der Waals surface area contributed by atoms with Crippen molar-refractivity contribution < 1.29 is 14.8 Å². The van der Waals surface area contributed by atoms with Crippen molar-refractivity contribution >= 4 is 34.2 Å². The number of carbonyl (C=O) groups is 2. The minimum Gasteiger partial charge on any atom is -0.409 e. The predicted molar refractivity (Wildman–Crippen MR) is 145 cm³/mol. The maximum absolute atomic E-state index is 13.7. The fraction of sp³-hybridized carbons (Fsp3) is 0.370. The van der Waals surface area contributed by atoms with E-state index in [1.807, 2.05) is 51.9 Å². The largest absolute Gasteiger partial charge is 0.409 e. The van der Waals surface area contributed by atoms with Crippen molar-refractivity contribution in [1.82, 2.24) is 9.47 Å². The number of piperidine rings is 1. The second kappa shape index (κ2) is 11.9. The molecule has 2 amide bonds. The summed E-state index contributed by atoms with van der Waals surface area (Å²) >= 11 is 0. The molecule has 196 valence electrons. The van der Waals surface area contributed by atoms with Crippen molar-refractivity contribution in [2.75, 3.05) is 31.5 Å². The maximum atomic E-state index is 13.7. The molecule has 1 aliphatic rings. The van der Waals surface area contributed by atoms with Crippen LogP contribution >= 0.6 is 0 Å². The first-order valence-electron chi connectivity index (χ1n) is 12.6. The summed E-state index contributed by atoms with van der Waals surface area (Å²) in [6.07, 6.45) is 3.11. The number of aromatic nitrogens is 1. The first-order chi connectivity index (χ1) is 17.9. The smallest absolute Gasteiger partial charge is 0.270 e. The maximum Gasteiger partial charge on any atom is 0.270 e. The molecule has 10 heteroatoms. The quantitative estimate of drug-likeness (QED) is 0.129. The fourth-order valence-corrected chi connectivity index (χ4v) is 4.93. The zero-order valence-electron chi connectivity index (χ0n) is 20.9. The number of oxime groups is 1. The number of hydrogen-bond acceptors (Lipinski definition) is 6. The van der Waals surface area contributed by atoms with Crippen LogP contribution in [-0.2, 0) is 11.3 Å². The summed E-state index contributed by atoms with van der Waals surface area (Å²) in [5.41, 5.74) is 20.6. The Labute approximate surface area is 216 Å². The summed E-state index contributed by atoms with van der Waals surface area (Å²) in [6.45, 7) is 2.74. The lowest BCUT2D eigenvalue weighted by Gasteiger charge is -2.32. The summed E-state index contributed by atoms with van der Waals surface area (Å²) in [5, 5.41) is 16.0. The average molecular weight is 506 g/mol. The molecule has 2 aromatic carbocycles. The molecule has 2 heterocycles. The minimum absolute atomic E-state index is 0.00545. The molecule has 0 bridgehead atoms. The highest BCUT2D eigenvalue weighted by molar-refractivity contribution is 6.03. The Morgan fingerprint density at radius 1 is 1.05 bits per heavy atom. The first-order valence-corrected chi connectivity index (χ1v) is 12.6. The molecule has 0 atom stereocenters. The van der Waals surface area contributed by atoms with E-state index in [0.717, 1.165) is 35.7 Å². The van der Waals surface area contributed by atoms with Gasteiger partial charge in [-0.05, 0) is 61.6 Å². The van der Waals surface area contributed by atoms with Crippen LogP contribution in [0.2, 0.25) is 0 Å². The molecule has 0 unspecified atom stereocenters. The number of hydrogen-bond donors (Lipinski definition) is 5. The van der Waals surface area contributed by atoms with Crippen molar-refractivity contribution in [1.29, 1.82) is 0 Å². The molecule has 0 radical (unpaired) electrons. The molecule has 8 N–H and O–H groups in total. The fourth-order valence-electron chi connectivity index (χ4n) is 4.93. The van der Waals surface area contributed by atoms with Crippen LogP contribution in [0.3, 0.4) is 0 Å². The highest BCUT2D eigenvalue weighted by Crippen LogP contribution is 2.27. The Morgan fingerprint density at radius 2 is 1.84 bits per heavy atom. The molecular weight excluding hydrogens is 470 g/mol. The van der Waals surface area contributed by atoms with Crippen molar-refractivity contribution in [2.45, 2.75) is 32.2 Å². The van der Waals surface area contributed by atoms with Crippen LogP contribution in [0.15, 0.2) is 53.7 Å². The van der Waals surface area contributed by atoms with E-state index in [0.29, 0.717) is 49.0 Å². The van der Waals surface area contributed by atoms with Crippen molar-refractivity contribution in [3.8, 4) is 0 Å². The number of nitrogens with two attached hydrogens (primary N) is 3. The van der Waals surface area contributed by atoms with Crippen LogP contribution in [0.1, 0.15) is 47.3 Å². The van der Waals surface area contributed by atoms with Gasteiger partial charge in [-0.1, -0.05) is 29.4 Å². The van der Waals surface area contributed by atoms with Crippen LogP contribution in [0.4, 0.5) is 5.69 Å². The van der Waals surface area contributed by atoms with Crippen LogP contribution in [0.25, 0.3) is 10.9 Å². The second-order valence-corrected chi connectivity index (χ2v) is 9.47. The van der Waals surface area contributed by atoms with E-state index in [4.69, 9.17) is 17.2 Å². The number of amidine groups is 1. The third-order valence-electron chi connectivity index (χ3n) is 6.93. The van der Waals surface area contributed by atoms with Gasteiger partial charge in [-0.25, -0.2) is 0 Å². The third kappa shape index (κ3) is 6.10. The normalized spacial score (nSPS) is 14.8. The lowest BCUT2D eigenvalue weighted by atomic mass is 9.93. The lowest BCUT2D eigenvalue weighted by molar-refractivity contribution is -0.116. The van der Waals surface area contributed by atoms with Crippen LogP contribution in [0, 0.1) is 5.92 Å². The Morgan fingerprint density at radius 3 is 2.54 bits per heavy atom. The van der Waals surface area contributed by atoms with Gasteiger partial charge in [0.25, 0.3) is 5.91 Å². The Bertz CT molecular complexity index is 1290. The number of benzene rings is 2. The second-order valence-electron chi connectivity index (χ2n) is 9.47. The molecule has 10 nitrogen and oxygen atoms in total. The highest BCUT2D eigenvalue weighted by atomic mass is 16.4. The molecule has 37 heavy (non-hydrogen) atoms. The summed E-state index contributed by atoms with van der Waals surface area (Å²) < 4.78 is 1.96. The van der Waals surface area contributed by atoms with E-state index in [9.17, 15) is 14.8 Å². The number of nitrogens with zero attached hydrogens (tertiary/aromatic N) is 3. The van der Waals surface area contributed by atoms with E-state index in [1.54, 1.807) is 6.07 Å². The average Bonchev–Trinajstić information content (AvgIpc) is 3.26. The van der Waals surface area contributed by atoms with Gasteiger partial charge in [0.1, 0.15) is 5.69 Å². The van der Waals surface area contributed by atoms with Gasteiger partial charge >= 0.3 is 0 Å². The van der Waals surface area contributed by atoms with Gasteiger partial charge in [0.2, 0.25) is 5.91 Å². The van der Waals surface area contributed by atoms with E-state index >= 15 is 0 Å². The van der Waals surface area contributed by atoms with Crippen molar-refractivity contribution in [3.05, 3.63) is 65.4 Å². The number of anilines is 1. The monoisotopic (exact) mass is 505 g/mol. The van der Waals surface area contributed by atoms with Gasteiger partial charge in [-0.15, -0.1) is 0 Å². The molecule has 1 fully saturated rings. The topological polar surface area (TPSA) is 165 Å². The van der Waals surface area contributed by atoms with Crippen LogP contribution in [0.5, 0.6) is 0 Å². The molecule has 4 rings (SSSR count). The zero-order valence-corrected chi connectivity index (χ0v) is 20.9. The van der Waals surface area contributed by atoms with Gasteiger partial charge in [-0.3, -0.25) is 9.59 Å². The predicted octanol–water partition coefficient (Wildman–Crippen LogP) is 2.27. The van der Waals surface area contributed by atoms with Gasteiger partial charge in [0.05, 0.1) is 0 Å². The first kappa shape index (κ1) is 26.2. The molecule has 1 aliphatic heterocycles. The summed E-state index contributed by atoms with van der Waals surface area (Å²) in [6, 6.07) is 14.9. The number of rotatable bonds is 9. The zero-order chi connectivity index (χ0) is 26.4. The number of carbonyl (C=O) groups excluding carboxylic acids is 2. The SMILES string of the molecule is NCCC(=O)Nc1cccc(Cn2c(C(=O)N3CCC(CCN)CC3)cc3ccc(/C(N)=N/O)cc32)c1. The molecule has 1 aromatic heterocycles. The van der Waals surface area contributed by atoms with Gasteiger partial charge in [0.15, 0.2) is 5.84 Å². The molecule has 0 spiro atoms. The molecular formula is C27H35N7O3. The van der Waals surface area contributed by atoms with E-state index in [2.05, 4.69) is 10.5 Å². The standard InChI is InChI=1S/C27H35N7O3/c28-10-6-18-8-12-33(13-9-18)27(36)24-15-20-4-5-21(26(30)32-37)16-23(20)34(24)17-19-2-1-3-22(14-19)31-25(35)7-11-29/h1-5,14-16,18,37H,6-13,17,28-29H2,(H2,30,32)(H,31,35). The van der Waals surface area contributed by atoms with E-state index in [1.165, 1.54) is 0 Å². The third-order valence-corrected chi connectivity index (χ3v) is 6.93. The number of fused-ring (bicyclic) bond motifs is 1. The summed E-state index contributed by atoms with van der Waals surface area (Å²) in [5.74, 6) is 0.373. The van der Waals surface area contributed by atoms with Crippen LogP contribution in [-0.4, -0.2) is 58.5 Å². The van der Waals surface area contributed by atoms with E-state index in [-0.39, 0.29) is 30.6 Å². The Balaban J connectivity index is 1.69. The molecule has 3 aromatic rings. The van der Waals surface area contributed by atoms with E-state index < -0.39 is 0 Å². The number of likely N-dealkylation sites (tertiary alicyclic amines) is 1. The highest BCUT2D eigenvalue weighted by Gasteiger charge is 2.26. The number of amides is 2. The van der Waals surface area contributed by atoms with Crippen molar-refractivity contribution in [2.24, 2.45) is 28.3 Å². The van der Waals surface area contributed by atoms with Gasteiger partial charge < -0.3 is 37.2 Å². The van der Waals surface area contributed by atoms with Crippen LogP contribution < -0.4 is 22.5 Å². The minimum atomic E-state index is -0.150. The molecule has 0 saturated carbocycles. The summed E-state index contributed by atoms with van der Waals surface area (Å²) in [7, 11) is 0. The Kier molecular flexibility index (Phi) is 8.42. The molecule has 0 aliphatic carbocycles. The van der Waals surface area contributed by atoms with Gasteiger partial charge in [0, 0.05) is 54.8 Å².